The Labute approximate surface area is 402 Å². The average molecular weight is 1040 g/mol. The third-order valence-corrected chi connectivity index (χ3v) is 11.2. The number of hydrogen-bond donors (Lipinski definition) is 8. The van der Waals surface area contributed by atoms with Crippen LogP contribution in [0.5, 0.6) is 0 Å². The Bertz CT molecular complexity index is 2690. The third kappa shape index (κ3) is 16.9. The van der Waals surface area contributed by atoms with E-state index in [-0.39, 0.29) is 60.9 Å². The number of rotatable bonds is 24. The zero-order valence-corrected chi connectivity index (χ0v) is 40.2. The molecule has 1 aromatic carbocycles. The molecule has 2 amide bonds. The van der Waals surface area contributed by atoms with Crippen molar-refractivity contribution in [2.75, 3.05) is 37.8 Å². The molecule has 71 heavy (non-hydrogen) atoms. The van der Waals surface area contributed by atoms with Gasteiger partial charge in [0, 0.05) is 23.3 Å². The number of azide groups is 1. The van der Waals surface area contributed by atoms with Gasteiger partial charge in [-0.2, -0.15) is 4.98 Å². The van der Waals surface area contributed by atoms with E-state index < -0.39 is 108 Å². The lowest BCUT2D eigenvalue weighted by Gasteiger charge is -2.26. The molecule has 8 atom stereocenters. The Hall–Kier alpha value is -6.33. The minimum atomic E-state index is -5.23. The summed E-state index contributed by atoms with van der Waals surface area (Å²) >= 11 is 0. The van der Waals surface area contributed by atoms with E-state index in [0.717, 1.165) is 10.9 Å². The lowest BCUT2D eigenvalue weighted by Crippen LogP contribution is -2.47. The van der Waals surface area contributed by atoms with Crippen LogP contribution in [0.4, 0.5) is 26.9 Å². The number of unbranched alkanes of at least 4 members (excludes halogenated alkanes) is 1. The van der Waals surface area contributed by atoms with Crippen LogP contribution in [0.25, 0.3) is 21.6 Å². The van der Waals surface area contributed by atoms with Crippen molar-refractivity contribution in [2.45, 2.75) is 102 Å². The summed E-state index contributed by atoms with van der Waals surface area (Å²) in [6, 6.07) is 6.31. The van der Waals surface area contributed by atoms with Gasteiger partial charge in [0.05, 0.1) is 26.1 Å². The number of nitrogen functional groups attached to an aromatic ring is 2. The molecule has 1 fully saturated rings. The Morgan fingerprint density at radius 3 is 2.46 bits per heavy atom. The summed E-state index contributed by atoms with van der Waals surface area (Å²) in [6.45, 7) is 3.16. The van der Waals surface area contributed by atoms with Crippen LogP contribution in [0.2, 0.25) is 0 Å². The minimum Gasteiger partial charge on any atom is -0.455 e. The number of phosphoric acid groups is 2. The zero-order valence-electron chi connectivity index (χ0n) is 38.4. The number of aromatic nitrogens is 6. The molecule has 4 aromatic rings. The van der Waals surface area contributed by atoms with Crippen LogP contribution in [0.15, 0.2) is 59.1 Å². The largest absolute Gasteiger partial charge is 0.472 e. The summed E-state index contributed by atoms with van der Waals surface area (Å²) in [4.78, 5) is 99.7. The Morgan fingerprint density at radius 2 is 1.76 bits per heavy atom. The summed E-state index contributed by atoms with van der Waals surface area (Å²) in [5.74, 6) is -1.26. The summed E-state index contributed by atoms with van der Waals surface area (Å²) in [5, 5.41) is 20.3. The lowest BCUT2D eigenvalue weighted by molar-refractivity contribution is -0.159. The number of alkyl carbamates (subject to hydrolysis) is 2. The average Bonchev–Trinajstić information content (AvgIpc) is 3.85. The van der Waals surface area contributed by atoms with Crippen LogP contribution in [0.1, 0.15) is 65.0 Å². The molecular weight excluding hydrogens is 988 g/mol. The first-order chi connectivity index (χ1) is 33.4. The molecule has 0 saturated carbocycles. The van der Waals surface area contributed by atoms with Gasteiger partial charge in [-0.3, -0.25) is 22.7 Å². The summed E-state index contributed by atoms with van der Waals surface area (Å²) in [7, 11) is -10.4. The molecule has 10 N–H and O–H groups in total. The number of carbonyl (C=O) groups excluding carboxylic acids is 3. The minimum absolute atomic E-state index is 0.0290. The number of amides is 2. The number of fused-ring (bicyclic) bond motifs is 1. The number of esters is 1. The van der Waals surface area contributed by atoms with Crippen molar-refractivity contribution in [1.82, 2.24) is 39.7 Å². The highest BCUT2D eigenvalue weighted by Gasteiger charge is 2.49. The highest BCUT2D eigenvalue weighted by molar-refractivity contribution is 7.47. The molecule has 5 rings (SSSR count). The SMILES string of the molecule is C[C@@H](O[C@H](COP(=O)(O)O)COP(=O)(O)OC[C@H]1O[C@@H](n2cnc3c(N)ncnc32)[C@H](O)[C@@H]1OC(=O)[C@H](CCCCNC(=O)OCc1ccccc1N=[N+]=[N-])NC(=O)OC(C)(C)C)n1ccc(N)nc1=O. The molecule has 4 heterocycles. The summed E-state index contributed by atoms with van der Waals surface area (Å²) in [6.07, 6.45) is -7.33. The van der Waals surface area contributed by atoms with Gasteiger partial charge in [0.2, 0.25) is 0 Å². The van der Waals surface area contributed by atoms with E-state index >= 15 is 0 Å². The van der Waals surface area contributed by atoms with Crippen LogP contribution in [-0.2, 0) is 57.8 Å². The van der Waals surface area contributed by atoms with Gasteiger partial charge in [-0.1, -0.05) is 29.4 Å². The maximum atomic E-state index is 14.0. The molecule has 31 nitrogen and oxygen atoms in total. The second-order valence-corrected chi connectivity index (χ2v) is 19.0. The number of nitrogens with two attached hydrogens (primary N) is 2. The fraction of sp³-hybridized carbons (Fsp3) is 0.526. The summed E-state index contributed by atoms with van der Waals surface area (Å²) < 4.78 is 69.9. The van der Waals surface area contributed by atoms with Crippen molar-refractivity contribution in [1.29, 1.82) is 0 Å². The van der Waals surface area contributed by atoms with E-state index in [2.05, 4.69) is 45.1 Å². The second-order valence-electron chi connectivity index (χ2n) is 16.3. The smallest absolute Gasteiger partial charge is 0.455 e. The number of phosphoric ester groups is 2. The van der Waals surface area contributed by atoms with Crippen molar-refractivity contribution in [3.8, 4) is 0 Å². The number of carbonyl (C=O) groups is 3. The van der Waals surface area contributed by atoms with Gasteiger partial charge in [-0.05, 0) is 64.1 Å². The van der Waals surface area contributed by atoms with Gasteiger partial charge < -0.3 is 65.6 Å². The van der Waals surface area contributed by atoms with Crippen LogP contribution >= 0.6 is 15.6 Å². The van der Waals surface area contributed by atoms with Gasteiger partial charge in [0.25, 0.3) is 0 Å². The standard InChI is InChI=1S/C38H53N13O18P2/c1-21(50-14-12-27(39)47-35(50)54)66-23(16-63-70(57,58)59)17-64-71(60,61)65-18-26-30(29(52)33(67-26)51-20-45-28-31(40)43-19-44-32(28)51)68-34(53)25(46-37(56)69-38(2,3)4)11-7-8-13-42-36(55)62-15-22-9-5-6-10-24(22)48-49-41/h5-6,9-10,12,14,19-21,23,25-26,29-30,33,52H,7-8,11,13,15-18H2,1-4H3,(H,42,55)(H,46,56)(H,60,61)(H2,39,47,54)(H2,40,43,44)(H2,57,58,59)/t21-,23-,25+,26-,29-,30-,33-/m1/s1. The Morgan fingerprint density at radius 1 is 1.03 bits per heavy atom. The van der Waals surface area contributed by atoms with Crippen LogP contribution in [-0.4, -0.2) is 129 Å². The Balaban J connectivity index is 1.29. The molecule has 388 valence electrons. The fourth-order valence-electron chi connectivity index (χ4n) is 6.57. The predicted octanol–water partition coefficient (Wildman–Crippen LogP) is 2.50. The maximum absolute atomic E-state index is 14.0. The number of hydrogen-bond acceptors (Lipinski definition) is 22. The molecule has 0 spiro atoms. The molecule has 0 aliphatic carbocycles. The van der Waals surface area contributed by atoms with Gasteiger partial charge in [-0.25, -0.2) is 43.3 Å². The molecule has 0 bridgehead atoms. The Kier molecular flexibility index (Phi) is 19.3. The number of aliphatic hydroxyl groups is 1. The fourth-order valence-corrected chi connectivity index (χ4v) is 7.70. The second kappa shape index (κ2) is 24.7. The van der Waals surface area contributed by atoms with Crippen molar-refractivity contribution in [2.24, 2.45) is 5.11 Å². The molecule has 1 aliphatic heterocycles. The van der Waals surface area contributed by atoms with E-state index in [1.54, 1.807) is 45.0 Å². The van der Waals surface area contributed by atoms with E-state index in [4.69, 9.17) is 49.7 Å². The van der Waals surface area contributed by atoms with Crippen LogP contribution in [0.3, 0.4) is 0 Å². The predicted molar refractivity (Wildman–Crippen MR) is 242 cm³/mol. The van der Waals surface area contributed by atoms with E-state index in [1.807, 2.05) is 0 Å². The monoisotopic (exact) mass is 1040 g/mol. The lowest BCUT2D eigenvalue weighted by atomic mass is 10.1. The third-order valence-electron chi connectivity index (χ3n) is 9.78. The molecule has 1 saturated heterocycles. The molecule has 33 heteroatoms. The molecular formula is C38H53N13O18P2. The van der Waals surface area contributed by atoms with Crippen molar-refractivity contribution < 1.29 is 80.6 Å². The van der Waals surface area contributed by atoms with Crippen molar-refractivity contribution in [3.05, 3.63) is 75.7 Å². The molecule has 1 unspecified atom stereocenters. The first-order valence-electron chi connectivity index (χ1n) is 21.3. The quantitative estimate of drug-likeness (QED) is 0.00950. The van der Waals surface area contributed by atoms with E-state index in [0.29, 0.717) is 5.56 Å². The number of nitrogens with zero attached hydrogens (tertiary/aromatic N) is 9. The number of nitrogens with one attached hydrogen (secondary N) is 2. The van der Waals surface area contributed by atoms with Gasteiger partial charge in [-0.15, -0.1) is 0 Å². The molecule has 3 aromatic heterocycles. The number of anilines is 2. The van der Waals surface area contributed by atoms with Crippen LogP contribution in [0, 0.1) is 0 Å². The maximum Gasteiger partial charge on any atom is 0.472 e. The first kappa shape index (κ1) is 55.6. The normalized spacial score (nSPS) is 19.2. The number of ether oxygens (including phenoxy) is 5. The summed E-state index contributed by atoms with van der Waals surface area (Å²) in [5.41, 5.74) is 19.4. The van der Waals surface area contributed by atoms with Crippen molar-refractivity contribution in [3.63, 3.8) is 0 Å². The highest BCUT2D eigenvalue weighted by atomic mass is 31.2. The van der Waals surface area contributed by atoms with E-state index in [1.165, 1.54) is 30.1 Å². The zero-order chi connectivity index (χ0) is 52.1. The van der Waals surface area contributed by atoms with Gasteiger partial charge >= 0.3 is 39.5 Å². The number of benzene rings is 1. The van der Waals surface area contributed by atoms with Crippen LogP contribution < -0.4 is 27.8 Å². The highest BCUT2D eigenvalue weighted by Crippen LogP contribution is 2.45. The first-order valence-corrected chi connectivity index (χ1v) is 24.3. The van der Waals surface area contributed by atoms with E-state index in [9.17, 15) is 48.1 Å². The van der Waals surface area contributed by atoms with Crippen molar-refractivity contribution >= 4 is 62.3 Å². The van der Waals surface area contributed by atoms with Gasteiger partial charge in [0.15, 0.2) is 23.8 Å². The molecule has 0 radical (unpaired) electrons. The molecule has 1 aliphatic rings. The number of aliphatic hydroxyl groups excluding tert-OH is 1. The van der Waals surface area contributed by atoms with Gasteiger partial charge in [0.1, 0.15) is 60.5 Å². The number of imidazole rings is 1. The topological polar surface area (TPSA) is 443 Å².